The predicted octanol–water partition coefficient (Wildman–Crippen LogP) is 3.47. The first kappa shape index (κ1) is 19.6. The smallest absolute Gasteiger partial charge is 0.409 e. The SMILES string of the molecule is CC(C)(C)COC(=O)N1CCC[C@@]2(CCC(=O)N(Cc3ccncc3)C2)C1. The van der Waals surface area contributed by atoms with Gasteiger partial charge in [0.1, 0.15) is 0 Å². The molecule has 0 N–H and O–H groups in total. The topological polar surface area (TPSA) is 62.7 Å². The van der Waals surface area contributed by atoms with Crippen LogP contribution in [-0.2, 0) is 16.1 Å². The molecule has 2 fully saturated rings. The van der Waals surface area contributed by atoms with Gasteiger partial charge in [0.05, 0.1) is 6.61 Å². The number of nitrogens with zero attached hydrogens (tertiary/aromatic N) is 3. The molecule has 27 heavy (non-hydrogen) atoms. The lowest BCUT2D eigenvalue weighted by atomic mass is 9.73. The van der Waals surface area contributed by atoms with Crippen molar-refractivity contribution in [3.8, 4) is 0 Å². The third-order valence-corrected chi connectivity index (χ3v) is 5.42. The molecule has 1 spiro atoms. The Balaban J connectivity index is 1.64. The van der Waals surface area contributed by atoms with Crippen molar-refractivity contribution < 1.29 is 14.3 Å². The highest BCUT2D eigenvalue weighted by atomic mass is 16.6. The summed E-state index contributed by atoms with van der Waals surface area (Å²) in [6.07, 6.45) is 6.71. The fourth-order valence-electron chi connectivity index (χ4n) is 4.02. The van der Waals surface area contributed by atoms with Crippen LogP contribution in [-0.4, -0.2) is 53.0 Å². The van der Waals surface area contributed by atoms with Crippen LogP contribution in [0.1, 0.15) is 52.0 Å². The average molecular weight is 373 g/mol. The van der Waals surface area contributed by atoms with Crippen LogP contribution in [0.3, 0.4) is 0 Å². The van der Waals surface area contributed by atoms with Gasteiger partial charge in [-0.1, -0.05) is 20.8 Å². The maximum atomic E-state index is 12.5. The molecule has 2 saturated heterocycles. The number of rotatable bonds is 3. The summed E-state index contributed by atoms with van der Waals surface area (Å²) in [7, 11) is 0. The molecule has 3 rings (SSSR count). The molecule has 0 aromatic carbocycles. The van der Waals surface area contributed by atoms with Crippen LogP contribution >= 0.6 is 0 Å². The summed E-state index contributed by atoms with van der Waals surface area (Å²) in [5.74, 6) is 0.199. The number of ether oxygens (including phenoxy) is 1. The van der Waals surface area contributed by atoms with Crippen molar-refractivity contribution in [2.45, 2.75) is 53.0 Å². The van der Waals surface area contributed by atoms with E-state index < -0.39 is 0 Å². The van der Waals surface area contributed by atoms with Gasteiger partial charge in [0, 0.05) is 50.4 Å². The number of amides is 2. The third-order valence-electron chi connectivity index (χ3n) is 5.42. The molecule has 2 amide bonds. The zero-order chi connectivity index (χ0) is 19.5. The van der Waals surface area contributed by atoms with Gasteiger partial charge < -0.3 is 14.5 Å². The van der Waals surface area contributed by atoms with Gasteiger partial charge in [-0.05, 0) is 42.4 Å². The molecule has 0 unspecified atom stereocenters. The van der Waals surface area contributed by atoms with Gasteiger partial charge in [0.25, 0.3) is 0 Å². The molecule has 1 aromatic heterocycles. The van der Waals surface area contributed by atoms with E-state index in [9.17, 15) is 9.59 Å². The standard InChI is InChI=1S/C21H31N3O3/c1-20(2,3)16-27-19(26)23-12-4-8-21(14-23)9-5-18(25)24(15-21)13-17-6-10-22-11-7-17/h6-7,10-11H,4-5,8-9,12-16H2,1-3H3/t21-/m1/s1. The Kier molecular flexibility index (Phi) is 5.72. The molecule has 0 saturated carbocycles. The van der Waals surface area contributed by atoms with E-state index in [-0.39, 0.29) is 22.8 Å². The second-order valence-electron chi connectivity index (χ2n) is 9.25. The van der Waals surface area contributed by atoms with Crippen molar-refractivity contribution >= 4 is 12.0 Å². The van der Waals surface area contributed by atoms with Gasteiger partial charge in [-0.2, -0.15) is 0 Å². The largest absolute Gasteiger partial charge is 0.449 e. The number of hydrogen-bond donors (Lipinski definition) is 0. The van der Waals surface area contributed by atoms with Crippen LogP contribution in [0.4, 0.5) is 4.79 Å². The van der Waals surface area contributed by atoms with Crippen LogP contribution in [0.25, 0.3) is 0 Å². The molecule has 0 aliphatic carbocycles. The number of carbonyl (C=O) groups excluding carboxylic acids is 2. The Hall–Kier alpha value is -2.11. The molecule has 0 bridgehead atoms. The van der Waals surface area contributed by atoms with Crippen LogP contribution in [0.5, 0.6) is 0 Å². The first-order valence-electron chi connectivity index (χ1n) is 9.85. The van der Waals surface area contributed by atoms with E-state index in [4.69, 9.17) is 4.74 Å². The molecular weight excluding hydrogens is 342 g/mol. The van der Waals surface area contributed by atoms with E-state index in [1.807, 2.05) is 21.9 Å². The number of hydrogen-bond acceptors (Lipinski definition) is 4. The van der Waals surface area contributed by atoms with Crippen LogP contribution in [0.2, 0.25) is 0 Å². The number of carbonyl (C=O) groups is 2. The lowest BCUT2D eigenvalue weighted by Crippen LogP contribution is -2.55. The molecule has 0 radical (unpaired) electrons. The summed E-state index contributed by atoms with van der Waals surface area (Å²) < 4.78 is 5.52. The van der Waals surface area contributed by atoms with E-state index >= 15 is 0 Å². The number of piperidine rings is 2. The molecule has 1 atom stereocenters. The molecule has 2 aliphatic rings. The van der Waals surface area contributed by atoms with E-state index in [1.165, 1.54) is 0 Å². The van der Waals surface area contributed by atoms with Gasteiger partial charge >= 0.3 is 6.09 Å². The third kappa shape index (κ3) is 5.21. The second-order valence-corrected chi connectivity index (χ2v) is 9.25. The van der Waals surface area contributed by atoms with E-state index in [0.29, 0.717) is 32.7 Å². The lowest BCUT2D eigenvalue weighted by molar-refractivity contribution is -0.139. The van der Waals surface area contributed by atoms with Gasteiger partial charge in [-0.3, -0.25) is 9.78 Å². The molecule has 148 valence electrons. The maximum Gasteiger partial charge on any atom is 0.409 e. The minimum atomic E-state index is -0.221. The van der Waals surface area contributed by atoms with Crippen molar-refractivity contribution in [2.24, 2.45) is 10.8 Å². The normalized spacial score (nSPS) is 23.6. The summed E-state index contributed by atoms with van der Waals surface area (Å²) in [4.78, 5) is 32.8. The zero-order valence-electron chi connectivity index (χ0n) is 16.7. The van der Waals surface area contributed by atoms with E-state index in [2.05, 4.69) is 25.8 Å². The quantitative estimate of drug-likeness (QED) is 0.814. The Morgan fingerprint density at radius 2 is 1.96 bits per heavy atom. The van der Waals surface area contributed by atoms with Crippen LogP contribution in [0, 0.1) is 10.8 Å². The van der Waals surface area contributed by atoms with Gasteiger partial charge in [0.2, 0.25) is 5.91 Å². The van der Waals surface area contributed by atoms with Crippen molar-refractivity contribution in [3.63, 3.8) is 0 Å². The Morgan fingerprint density at radius 1 is 1.22 bits per heavy atom. The fourth-order valence-corrected chi connectivity index (χ4v) is 4.02. The lowest BCUT2D eigenvalue weighted by Gasteiger charge is -2.48. The summed E-state index contributed by atoms with van der Waals surface area (Å²) >= 11 is 0. The summed E-state index contributed by atoms with van der Waals surface area (Å²) in [5.41, 5.74) is 1.04. The van der Waals surface area contributed by atoms with E-state index in [0.717, 1.165) is 31.4 Å². The predicted molar refractivity (Wildman–Crippen MR) is 103 cm³/mol. The highest BCUT2D eigenvalue weighted by Crippen LogP contribution is 2.39. The number of aromatic nitrogens is 1. The van der Waals surface area contributed by atoms with Crippen molar-refractivity contribution in [1.29, 1.82) is 0 Å². The van der Waals surface area contributed by atoms with Gasteiger partial charge in [-0.15, -0.1) is 0 Å². The molecule has 6 heteroatoms. The maximum absolute atomic E-state index is 12.5. The zero-order valence-corrected chi connectivity index (χ0v) is 16.7. The Bertz CT molecular complexity index is 671. The van der Waals surface area contributed by atoms with Gasteiger partial charge in [0.15, 0.2) is 0 Å². The molecular formula is C21H31N3O3. The molecule has 1 aromatic rings. The highest BCUT2D eigenvalue weighted by Gasteiger charge is 2.43. The number of pyridine rings is 1. The van der Waals surface area contributed by atoms with Crippen molar-refractivity contribution in [3.05, 3.63) is 30.1 Å². The summed E-state index contributed by atoms with van der Waals surface area (Å²) in [6.45, 7) is 9.32. The monoisotopic (exact) mass is 373 g/mol. The minimum absolute atomic E-state index is 0.0139. The van der Waals surface area contributed by atoms with Gasteiger partial charge in [-0.25, -0.2) is 4.79 Å². The van der Waals surface area contributed by atoms with E-state index in [1.54, 1.807) is 12.4 Å². The molecule has 6 nitrogen and oxygen atoms in total. The molecule has 2 aliphatic heterocycles. The summed E-state index contributed by atoms with van der Waals surface area (Å²) in [6, 6.07) is 3.90. The van der Waals surface area contributed by atoms with Crippen LogP contribution < -0.4 is 0 Å². The Morgan fingerprint density at radius 3 is 2.67 bits per heavy atom. The molecule has 3 heterocycles. The van der Waals surface area contributed by atoms with Crippen molar-refractivity contribution in [2.75, 3.05) is 26.2 Å². The Labute approximate surface area is 161 Å². The first-order chi connectivity index (χ1) is 12.8. The first-order valence-corrected chi connectivity index (χ1v) is 9.85. The fraction of sp³-hybridized carbons (Fsp3) is 0.667. The number of likely N-dealkylation sites (tertiary alicyclic amines) is 2. The summed E-state index contributed by atoms with van der Waals surface area (Å²) in [5, 5.41) is 0. The highest BCUT2D eigenvalue weighted by molar-refractivity contribution is 5.77. The van der Waals surface area contributed by atoms with Crippen LogP contribution in [0.15, 0.2) is 24.5 Å². The van der Waals surface area contributed by atoms with Crippen molar-refractivity contribution in [1.82, 2.24) is 14.8 Å². The second kappa shape index (κ2) is 7.87. The minimum Gasteiger partial charge on any atom is -0.449 e. The average Bonchev–Trinajstić information content (AvgIpc) is 2.63.